The lowest BCUT2D eigenvalue weighted by Gasteiger charge is -2.22. The third-order valence-corrected chi connectivity index (χ3v) is 5.09. The van der Waals surface area contributed by atoms with Gasteiger partial charge in [0.1, 0.15) is 0 Å². The van der Waals surface area contributed by atoms with E-state index in [4.69, 9.17) is 0 Å². The van der Waals surface area contributed by atoms with Gasteiger partial charge in [-0.05, 0) is 34.9 Å². The normalized spacial score (nSPS) is 18.4. The van der Waals surface area contributed by atoms with Crippen molar-refractivity contribution in [1.82, 2.24) is 0 Å². The molecule has 0 fully saturated rings. The highest BCUT2D eigenvalue weighted by molar-refractivity contribution is 5.94. The molecule has 1 atom stereocenters. The van der Waals surface area contributed by atoms with Crippen LogP contribution in [0.1, 0.15) is 37.3 Å². The minimum absolute atomic E-state index is 0.0800. The Bertz CT molecular complexity index is 1090. The van der Waals surface area contributed by atoms with Crippen LogP contribution in [0.5, 0.6) is 5.75 Å². The molecule has 126 valence electrons. The Kier molecular flexibility index (Phi) is 3.49. The predicted molar refractivity (Wildman–Crippen MR) is 101 cm³/mol. The number of aromatic hydroxyl groups is 1. The summed E-state index contributed by atoms with van der Waals surface area (Å²) in [4.78, 5) is 25.3. The summed E-state index contributed by atoms with van der Waals surface area (Å²) in [6, 6.07) is 12.5. The Morgan fingerprint density at radius 3 is 2.60 bits per heavy atom. The highest BCUT2D eigenvalue weighted by Crippen LogP contribution is 2.47. The lowest BCUT2D eigenvalue weighted by Crippen LogP contribution is -2.33. The zero-order valence-corrected chi connectivity index (χ0v) is 14.2. The van der Waals surface area contributed by atoms with Crippen LogP contribution < -0.4 is 15.8 Å². The van der Waals surface area contributed by atoms with E-state index in [9.17, 15) is 14.7 Å². The third-order valence-electron chi connectivity index (χ3n) is 5.09. The van der Waals surface area contributed by atoms with E-state index >= 15 is 0 Å². The monoisotopic (exact) mass is 333 g/mol. The number of rotatable bonds is 3. The van der Waals surface area contributed by atoms with Gasteiger partial charge in [0.2, 0.25) is 5.43 Å². The topological polar surface area (TPSA) is 57.6 Å². The van der Waals surface area contributed by atoms with E-state index in [1.165, 1.54) is 16.3 Å². The van der Waals surface area contributed by atoms with Crippen molar-refractivity contribution in [1.29, 1.82) is 0 Å². The van der Waals surface area contributed by atoms with Gasteiger partial charge in [0.15, 0.2) is 5.75 Å². The summed E-state index contributed by atoms with van der Waals surface area (Å²) in [7, 11) is 0. The molecule has 1 unspecified atom stereocenters. The van der Waals surface area contributed by atoms with Crippen LogP contribution in [-0.2, 0) is 0 Å². The first-order valence-electron chi connectivity index (χ1n) is 8.57. The third kappa shape index (κ3) is 2.14. The largest absolute Gasteiger partial charge is 0.504 e. The molecule has 3 aromatic carbocycles. The second kappa shape index (κ2) is 5.59. The molecule has 1 aliphatic heterocycles. The summed E-state index contributed by atoms with van der Waals surface area (Å²) in [6.45, 7) is 5.03. The molecule has 4 rings (SSSR count). The van der Waals surface area contributed by atoms with Crippen LogP contribution in [0.25, 0.3) is 16.8 Å². The minimum atomic E-state index is -0.789. The molecule has 0 saturated heterocycles. The summed E-state index contributed by atoms with van der Waals surface area (Å²) >= 11 is 0. The quantitative estimate of drug-likeness (QED) is 0.745. The average Bonchev–Trinajstić information content (AvgIpc) is 2.91. The van der Waals surface area contributed by atoms with Crippen molar-refractivity contribution >= 4 is 22.5 Å². The molecule has 1 aliphatic rings. The van der Waals surface area contributed by atoms with Gasteiger partial charge in [0.25, 0.3) is 5.43 Å². The number of allylic oxidation sites excluding steroid dienone is 1. The van der Waals surface area contributed by atoms with Gasteiger partial charge < -0.3 is 10.0 Å². The Labute approximate surface area is 145 Å². The van der Waals surface area contributed by atoms with Gasteiger partial charge in [-0.15, -0.1) is 0 Å². The van der Waals surface area contributed by atoms with Crippen molar-refractivity contribution < 1.29 is 5.11 Å². The van der Waals surface area contributed by atoms with E-state index in [2.05, 4.69) is 43.0 Å². The van der Waals surface area contributed by atoms with Crippen LogP contribution in [0.2, 0.25) is 0 Å². The molecule has 1 N–H and O–H groups in total. The zero-order chi connectivity index (χ0) is 17.7. The molecule has 0 saturated carbocycles. The summed E-state index contributed by atoms with van der Waals surface area (Å²) < 4.78 is 0. The molecule has 0 amide bonds. The smallest absolute Gasteiger partial charge is 0.268 e. The maximum atomic E-state index is 11.8. The molecule has 25 heavy (non-hydrogen) atoms. The highest BCUT2D eigenvalue weighted by atomic mass is 16.3. The Morgan fingerprint density at radius 1 is 1.12 bits per heavy atom. The van der Waals surface area contributed by atoms with Gasteiger partial charge in [0.05, 0.1) is 5.56 Å². The van der Waals surface area contributed by atoms with Gasteiger partial charge in [-0.3, -0.25) is 9.59 Å². The maximum Gasteiger partial charge on any atom is 0.268 e. The van der Waals surface area contributed by atoms with Crippen LogP contribution in [0.15, 0.2) is 51.7 Å². The molecule has 0 bridgehead atoms. The number of anilines is 1. The van der Waals surface area contributed by atoms with Crippen LogP contribution in [0.3, 0.4) is 0 Å². The highest BCUT2D eigenvalue weighted by Gasteiger charge is 2.33. The van der Waals surface area contributed by atoms with E-state index in [0.29, 0.717) is 0 Å². The van der Waals surface area contributed by atoms with Crippen molar-refractivity contribution in [3.63, 3.8) is 0 Å². The van der Waals surface area contributed by atoms with Crippen molar-refractivity contribution in [3.05, 3.63) is 73.7 Å². The summed E-state index contributed by atoms with van der Waals surface area (Å²) in [5.41, 5.74) is 2.06. The van der Waals surface area contributed by atoms with Crippen LogP contribution >= 0.6 is 0 Å². The van der Waals surface area contributed by atoms with E-state index < -0.39 is 16.6 Å². The van der Waals surface area contributed by atoms with Crippen molar-refractivity contribution in [2.24, 2.45) is 0 Å². The first kappa shape index (κ1) is 15.6. The molecule has 4 heteroatoms. The summed E-state index contributed by atoms with van der Waals surface area (Å²) in [6.07, 6.45) is 2.64. The summed E-state index contributed by atoms with van der Waals surface area (Å²) in [5.74, 6) is -0.335. The molecule has 3 aromatic rings. The maximum absolute atomic E-state index is 11.8. The molecule has 0 aliphatic carbocycles. The molecule has 4 nitrogen and oxygen atoms in total. The molecule has 0 spiro atoms. The lowest BCUT2D eigenvalue weighted by atomic mass is 9.93. The minimum Gasteiger partial charge on any atom is -0.504 e. The second-order valence-electron chi connectivity index (χ2n) is 6.58. The fourth-order valence-corrected chi connectivity index (χ4v) is 3.85. The number of benzene rings is 2. The van der Waals surface area contributed by atoms with E-state index in [0.717, 1.165) is 24.4 Å². The predicted octanol–water partition coefficient (Wildman–Crippen LogP) is 3.52. The molecular weight excluding hydrogens is 314 g/mol. The second-order valence-corrected chi connectivity index (χ2v) is 6.58. The first-order chi connectivity index (χ1) is 12.0. The van der Waals surface area contributed by atoms with Crippen LogP contribution in [0.4, 0.5) is 5.69 Å². The van der Waals surface area contributed by atoms with Gasteiger partial charge in [-0.2, -0.15) is 0 Å². The zero-order valence-electron chi connectivity index (χ0n) is 14.2. The standard InChI is InChI=1S/C21H19NO3/c1-3-10-22-16-9-8-13-6-4-5-7-14(13)18(16)12(2)17(22)11-15-19(23)21(25)20(15)24/h4-9,11-12,23H,3,10H2,1-2H3/b17-11+. The fraction of sp³-hybridized carbons (Fsp3) is 0.238. The van der Waals surface area contributed by atoms with Crippen LogP contribution in [0, 0.1) is 0 Å². The fourth-order valence-electron chi connectivity index (χ4n) is 3.85. The molecular formula is C21H19NO3. The number of hydrogen-bond acceptors (Lipinski definition) is 4. The van der Waals surface area contributed by atoms with Gasteiger partial charge >= 0.3 is 0 Å². The Balaban J connectivity index is 1.93. The van der Waals surface area contributed by atoms with E-state index in [1.54, 1.807) is 6.08 Å². The number of nitrogens with zero attached hydrogens (tertiary/aromatic N) is 1. The van der Waals surface area contributed by atoms with Gasteiger partial charge in [-0.1, -0.05) is 44.2 Å². The average molecular weight is 333 g/mol. The number of fused-ring (bicyclic) bond motifs is 3. The molecule has 0 radical (unpaired) electrons. The lowest BCUT2D eigenvalue weighted by molar-refractivity contribution is 0.461. The Hall–Kier alpha value is -2.88. The van der Waals surface area contributed by atoms with Crippen LogP contribution in [-0.4, -0.2) is 11.7 Å². The van der Waals surface area contributed by atoms with E-state index in [-0.39, 0.29) is 11.5 Å². The summed E-state index contributed by atoms with van der Waals surface area (Å²) in [5, 5.41) is 12.1. The molecule has 1 heterocycles. The van der Waals surface area contributed by atoms with Crippen molar-refractivity contribution in [2.45, 2.75) is 26.2 Å². The SMILES string of the molecule is CCCN1/C(=C/c2c(O)c(=O)c2=O)C(C)c2c1ccc1ccccc21. The van der Waals surface area contributed by atoms with E-state index in [1.807, 2.05) is 12.1 Å². The molecule has 0 aromatic heterocycles. The van der Waals surface area contributed by atoms with Gasteiger partial charge in [0, 0.05) is 23.8 Å². The van der Waals surface area contributed by atoms with Crippen molar-refractivity contribution in [2.75, 3.05) is 11.4 Å². The number of hydrogen-bond donors (Lipinski definition) is 1. The Morgan fingerprint density at radius 2 is 1.88 bits per heavy atom. The van der Waals surface area contributed by atoms with Gasteiger partial charge in [-0.25, -0.2) is 0 Å². The first-order valence-corrected chi connectivity index (χ1v) is 8.57. The van der Waals surface area contributed by atoms with Crippen molar-refractivity contribution in [3.8, 4) is 5.75 Å².